The van der Waals surface area contributed by atoms with Crippen molar-refractivity contribution in [3.63, 3.8) is 0 Å². The Balaban J connectivity index is 2.89. The molecule has 0 saturated heterocycles. The third-order valence-electron chi connectivity index (χ3n) is 2.63. The topological polar surface area (TPSA) is 59.3 Å². The van der Waals surface area contributed by atoms with Crippen LogP contribution in [0.25, 0.3) is 10.9 Å². The second kappa shape index (κ2) is 3.81. The summed E-state index contributed by atoms with van der Waals surface area (Å²) < 4.78 is 1.87. The van der Waals surface area contributed by atoms with Crippen LogP contribution in [0.1, 0.15) is 27.6 Å². The molecule has 0 radical (unpaired) electrons. The molecule has 0 aliphatic heterocycles. The van der Waals surface area contributed by atoms with Crippen LogP contribution < -0.4 is 0 Å². The Labute approximate surface area is 92.1 Å². The Kier molecular flexibility index (Phi) is 2.48. The van der Waals surface area contributed by atoms with E-state index in [4.69, 9.17) is 5.11 Å². The van der Waals surface area contributed by atoms with Crippen molar-refractivity contribution in [2.45, 2.75) is 13.5 Å². The summed E-state index contributed by atoms with van der Waals surface area (Å²) in [6, 6.07) is 5.02. The zero-order valence-corrected chi connectivity index (χ0v) is 8.80. The standard InChI is InChI=1S/C12H11NO3/c1-2-13-6-8(7-14)11-9(12(15)16)4-3-5-10(11)13/h3-7H,2H2,1H3,(H,15,16). The molecule has 0 atom stereocenters. The zero-order valence-electron chi connectivity index (χ0n) is 8.80. The highest BCUT2D eigenvalue weighted by Crippen LogP contribution is 2.24. The number of benzene rings is 1. The number of hydrogen-bond donors (Lipinski definition) is 1. The summed E-state index contributed by atoms with van der Waals surface area (Å²) in [5.74, 6) is -1.01. The summed E-state index contributed by atoms with van der Waals surface area (Å²) >= 11 is 0. The lowest BCUT2D eigenvalue weighted by Gasteiger charge is -2.01. The maximum Gasteiger partial charge on any atom is 0.336 e. The summed E-state index contributed by atoms with van der Waals surface area (Å²) in [6.07, 6.45) is 2.38. The highest BCUT2D eigenvalue weighted by molar-refractivity contribution is 6.09. The second-order valence-corrected chi connectivity index (χ2v) is 3.49. The lowest BCUT2D eigenvalue weighted by molar-refractivity contribution is 0.0699. The molecule has 82 valence electrons. The van der Waals surface area contributed by atoms with E-state index in [1.165, 1.54) is 6.07 Å². The van der Waals surface area contributed by atoms with Gasteiger partial charge in [0.05, 0.1) is 5.56 Å². The molecule has 2 rings (SSSR count). The molecule has 0 saturated carbocycles. The normalized spacial score (nSPS) is 10.6. The van der Waals surface area contributed by atoms with Crippen molar-refractivity contribution in [3.05, 3.63) is 35.5 Å². The summed E-state index contributed by atoms with van der Waals surface area (Å²) in [4.78, 5) is 22.0. The molecule has 0 spiro atoms. The molecule has 4 heteroatoms. The van der Waals surface area contributed by atoms with E-state index in [-0.39, 0.29) is 5.56 Å². The van der Waals surface area contributed by atoms with Gasteiger partial charge in [0.2, 0.25) is 0 Å². The SMILES string of the molecule is CCn1cc(C=O)c2c(C(=O)O)cccc21. The van der Waals surface area contributed by atoms with E-state index in [2.05, 4.69) is 0 Å². The van der Waals surface area contributed by atoms with Gasteiger partial charge >= 0.3 is 5.97 Å². The Bertz CT molecular complexity index is 569. The lowest BCUT2D eigenvalue weighted by atomic mass is 10.1. The Hall–Kier alpha value is -2.10. The van der Waals surface area contributed by atoms with Crippen molar-refractivity contribution in [1.29, 1.82) is 0 Å². The van der Waals surface area contributed by atoms with Crippen LogP contribution in [-0.4, -0.2) is 21.9 Å². The van der Waals surface area contributed by atoms with Crippen molar-refractivity contribution in [3.8, 4) is 0 Å². The molecule has 0 aliphatic rings. The van der Waals surface area contributed by atoms with Gasteiger partial charge in [0, 0.05) is 29.2 Å². The molecule has 0 bridgehead atoms. The van der Waals surface area contributed by atoms with Gasteiger partial charge in [0.15, 0.2) is 6.29 Å². The predicted octanol–water partition coefficient (Wildman–Crippen LogP) is 2.17. The van der Waals surface area contributed by atoms with Crippen LogP contribution in [0.3, 0.4) is 0 Å². The highest BCUT2D eigenvalue weighted by Gasteiger charge is 2.14. The molecule has 2 aromatic rings. The van der Waals surface area contributed by atoms with Crippen LogP contribution in [0.5, 0.6) is 0 Å². The molecule has 4 nitrogen and oxygen atoms in total. The first-order valence-electron chi connectivity index (χ1n) is 4.99. The van der Waals surface area contributed by atoms with Crippen molar-refractivity contribution in [2.24, 2.45) is 0 Å². The largest absolute Gasteiger partial charge is 0.478 e. The van der Waals surface area contributed by atoms with Gasteiger partial charge in [-0.1, -0.05) is 6.07 Å². The number of carbonyl (C=O) groups excluding carboxylic acids is 1. The average molecular weight is 217 g/mol. The number of rotatable bonds is 3. The molecule has 1 heterocycles. The van der Waals surface area contributed by atoms with Gasteiger partial charge in [-0.25, -0.2) is 4.79 Å². The van der Waals surface area contributed by atoms with Gasteiger partial charge in [-0.05, 0) is 19.1 Å². The monoisotopic (exact) mass is 217 g/mol. The van der Waals surface area contributed by atoms with Crippen LogP contribution >= 0.6 is 0 Å². The Morgan fingerprint density at radius 1 is 1.50 bits per heavy atom. The predicted molar refractivity (Wildman–Crippen MR) is 60.0 cm³/mol. The number of aldehydes is 1. The third kappa shape index (κ3) is 1.39. The molecule has 1 aromatic heterocycles. The third-order valence-corrected chi connectivity index (χ3v) is 2.63. The Morgan fingerprint density at radius 3 is 2.81 bits per heavy atom. The zero-order chi connectivity index (χ0) is 11.7. The molecule has 0 amide bonds. The first kappa shape index (κ1) is 10.4. The summed E-state index contributed by atoms with van der Waals surface area (Å²) in [7, 11) is 0. The van der Waals surface area contributed by atoms with Gasteiger partial charge in [-0.15, -0.1) is 0 Å². The molecule has 0 fully saturated rings. The quantitative estimate of drug-likeness (QED) is 0.801. The van der Waals surface area contributed by atoms with Crippen LogP contribution in [0.15, 0.2) is 24.4 Å². The summed E-state index contributed by atoms with van der Waals surface area (Å²) in [6.45, 7) is 2.65. The van der Waals surface area contributed by atoms with E-state index in [0.717, 1.165) is 5.52 Å². The van der Waals surface area contributed by atoms with E-state index in [0.29, 0.717) is 23.8 Å². The number of carbonyl (C=O) groups is 2. The van der Waals surface area contributed by atoms with Crippen molar-refractivity contribution >= 4 is 23.2 Å². The number of aromatic nitrogens is 1. The number of hydrogen-bond acceptors (Lipinski definition) is 2. The first-order chi connectivity index (χ1) is 7.69. The molecule has 0 unspecified atom stereocenters. The second-order valence-electron chi connectivity index (χ2n) is 3.49. The van der Waals surface area contributed by atoms with Gasteiger partial charge in [0.25, 0.3) is 0 Å². The van der Waals surface area contributed by atoms with E-state index >= 15 is 0 Å². The number of nitrogens with zero attached hydrogens (tertiary/aromatic N) is 1. The number of carboxylic acids is 1. The first-order valence-corrected chi connectivity index (χ1v) is 4.99. The fraction of sp³-hybridized carbons (Fsp3) is 0.167. The minimum Gasteiger partial charge on any atom is -0.478 e. The van der Waals surface area contributed by atoms with Gasteiger partial charge in [-0.2, -0.15) is 0 Å². The maximum atomic E-state index is 11.1. The lowest BCUT2D eigenvalue weighted by Crippen LogP contribution is -1.98. The number of carboxylic acid groups (broad SMARTS) is 1. The highest BCUT2D eigenvalue weighted by atomic mass is 16.4. The van der Waals surface area contributed by atoms with E-state index < -0.39 is 5.97 Å². The van der Waals surface area contributed by atoms with E-state index in [1.54, 1.807) is 12.3 Å². The Morgan fingerprint density at radius 2 is 2.25 bits per heavy atom. The smallest absolute Gasteiger partial charge is 0.336 e. The average Bonchev–Trinajstić information content (AvgIpc) is 2.66. The summed E-state index contributed by atoms with van der Waals surface area (Å²) in [5.41, 5.74) is 1.38. The minimum absolute atomic E-state index is 0.173. The molecule has 1 N–H and O–H groups in total. The van der Waals surface area contributed by atoms with Crippen LogP contribution in [0.4, 0.5) is 0 Å². The summed E-state index contributed by atoms with van der Waals surface area (Å²) in [5, 5.41) is 9.58. The van der Waals surface area contributed by atoms with Gasteiger partial charge in [-0.3, -0.25) is 4.79 Å². The molecular formula is C12H11NO3. The van der Waals surface area contributed by atoms with Crippen LogP contribution in [0, 0.1) is 0 Å². The maximum absolute atomic E-state index is 11.1. The van der Waals surface area contributed by atoms with E-state index in [9.17, 15) is 9.59 Å². The number of aromatic carboxylic acids is 1. The molecular weight excluding hydrogens is 206 g/mol. The molecule has 16 heavy (non-hydrogen) atoms. The minimum atomic E-state index is -1.01. The van der Waals surface area contributed by atoms with Crippen molar-refractivity contribution in [2.75, 3.05) is 0 Å². The molecule has 0 aliphatic carbocycles. The molecule has 1 aromatic carbocycles. The van der Waals surface area contributed by atoms with E-state index in [1.807, 2.05) is 17.6 Å². The number of aryl methyl sites for hydroxylation is 1. The fourth-order valence-corrected chi connectivity index (χ4v) is 1.91. The van der Waals surface area contributed by atoms with Crippen LogP contribution in [0.2, 0.25) is 0 Å². The van der Waals surface area contributed by atoms with Gasteiger partial charge in [0.1, 0.15) is 0 Å². The van der Waals surface area contributed by atoms with Crippen LogP contribution in [-0.2, 0) is 6.54 Å². The fourth-order valence-electron chi connectivity index (χ4n) is 1.91. The van der Waals surface area contributed by atoms with Crippen molar-refractivity contribution in [1.82, 2.24) is 4.57 Å². The van der Waals surface area contributed by atoms with Gasteiger partial charge < -0.3 is 9.67 Å². The van der Waals surface area contributed by atoms with Crippen molar-refractivity contribution < 1.29 is 14.7 Å². The number of fused-ring (bicyclic) bond motifs is 1.